The first-order chi connectivity index (χ1) is 11.2. The van der Waals surface area contributed by atoms with Crippen molar-refractivity contribution >= 4 is 5.91 Å². The van der Waals surface area contributed by atoms with Crippen molar-refractivity contribution in [1.82, 2.24) is 15.5 Å². The lowest BCUT2D eigenvalue weighted by Crippen LogP contribution is -2.23. The molecule has 0 aliphatic heterocycles. The number of furan rings is 1. The first-order valence-corrected chi connectivity index (χ1v) is 6.85. The molecule has 2 aromatic heterocycles. The molecule has 23 heavy (non-hydrogen) atoms. The molecule has 6 heteroatoms. The van der Waals surface area contributed by atoms with Crippen LogP contribution in [-0.2, 0) is 0 Å². The lowest BCUT2D eigenvalue weighted by molar-refractivity contribution is 0.0953. The summed E-state index contributed by atoms with van der Waals surface area (Å²) in [6.45, 7) is 0.0934. The molecule has 0 aliphatic rings. The lowest BCUT2D eigenvalue weighted by Gasteiger charge is -1.96. The third kappa shape index (κ3) is 3.47. The van der Waals surface area contributed by atoms with E-state index in [9.17, 15) is 9.18 Å². The standard InChI is InChI=1S/C17H12FN3O2/c18-13-7-2-1-5-12(13)6-3-9-19-17(22)15-11-14(20-21-15)16-8-4-10-23-16/h1-2,4-5,7-8,10-11H,9H2,(H,19,22)(H,20,21). The number of amides is 1. The zero-order valence-corrected chi connectivity index (χ0v) is 12.0. The summed E-state index contributed by atoms with van der Waals surface area (Å²) in [4.78, 5) is 11.9. The van der Waals surface area contributed by atoms with E-state index < -0.39 is 0 Å². The molecule has 0 fully saturated rings. The quantitative estimate of drug-likeness (QED) is 0.731. The van der Waals surface area contributed by atoms with Crippen molar-refractivity contribution in [1.29, 1.82) is 0 Å². The Balaban J connectivity index is 1.59. The molecule has 0 spiro atoms. The zero-order chi connectivity index (χ0) is 16.1. The van der Waals surface area contributed by atoms with Crippen molar-refractivity contribution in [2.75, 3.05) is 6.54 Å². The number of nitrogens with zero attached hydrogens (tertiary/aromatic N) is 1. The molecule has 0 saturated carbocycles. The topological polar surface area (TPSA) is 70.9 Å². The summed E-state index contributed by atoms with van der Waals surface area (Å²) < 4.78 is 18.6. The van der Waals surface area contributed by atoms with Crippen LogP contribution in [0.5, 0.6) is 0 Å². The highest BCUT2D eigenvalue weighted by Gasteiger charge is 2.11. The predicted octanol–water partition coefficient (Wildman–Crippen LogP) is 2.59. The Kier molecular flexibility index (Phi) is 4.20. The van der Waals surface area contributed by atoms with Gasteiger partial charge in [-0.25, -0.2) is 4.39 Å². The first kappa shape index (κ1) is 14.6. The van der Waals surface area contributed by atoms with E-state index in [0.717, 1.165) is 0 Å². The Hall–Kier alpha value is -3.33. The van der Waals surface area contributed by atoms with Crippen molar-refractivity contribution in [3.63, 3.8) is 0 Å². The predicted molar refractivity (Wildman–Crippen MR) is 81.9 cm³/mol. The van der Waals surface area contributed by atoms with Crippen LogP contribution in [0.2, 0.25) is 0 Å². The maximum atomic E-state index is 13.4. The maximum Gasteiger partial charge on any atom is 0.272 e. The Morgan fingerprint density at radius 1 is 1.30 bits per heavy atom. The van der Waals surface area contributed by atoms with Gasteiger partial charge in [0.05, 0.1) is 18.4 Å². The van der Waals surface area contributed by atoms with Crippen LogP contribution in [-0.4, -0.2) is 22.6 Å². The van der Waals surface area contributed by atoms with Crippen LogP contribution >= 0.6 is 0 Å². The van der Waals surface area contributed by atoms with Crippen LogP contribution in [0.3, 0.4) is 0 Å². The number of rotatable bonds is 3. The third-order valence-electron chi connectivity index (χ3n) is 3.03. The molecule has 0 aliphatic carbocycles. The second-order valence-electron chi connectivity index (χ2n) is 4.61. The summed E-state index contributed by atoms with van der Waals surface area (Å²) in [5.41, 5.74) is 1.13. The summed E-state index contributed by atoms with van der Waals surface area (Å²) in [5, 5.41) is 9.24. The highest BCUT2D eigenvalue weighted by Crippen LogP contribution is 2.17. The molecule has 0 unspecified atom stereocenters. The number of carbonyl (C=O) groups excluding carboxylic acids is 1. The summed E-state index contributed by atoms with van der Waals surface area (Å²) in [6.07, 6.45) is 1.54. The number of halogens is 1. The number of hydrogen-bond acceptors (Lipinski definition) is 3. The normalized spacial score (nSPS) is 9.96. The van der Waals surface area contributed by atoms with Crippen LogP contribution in [0.4, 0.5) is 4.39 Å². The van der Waals surface area contributed by atoms with Gasteiger partial charge in [0.2, 0.25) is 0 Å². The van der Waals surface area contributed by atoms with Gasteiger partial charge >= 0.3 is 0 Å². The van der Waals surface area contributed by atoms with Gasteiger partial charge in [0.15, 0.2) is 11.5 Å². The number of benzene rings is 1. The fourth-order valence-electron chi connectivity index (χ4n) is 1.91. The summed E-state index contributed by atoms with van der Waals surface area (Å²) in [6, 6.07) is 11.3. The second kappa shape index (κ2) is 6.62. The van der Waals surface area contributed by atoms with Crippen LogP contribution < -0.4 is 5.32 Å². The summed E-state index contributed by atoms with van der Waals surface area (Å²) in [7, 11) is 0. The van der Waals surface area contributed by atoms with E-state index in [1.165, 1.54) is 12.3 Å². The van der Waals surface area contributed by atoms with Gasteiger partial charge in [-0.3, -0.25) is 9.89 Å². The number of hydrogen-bond donors (Lipinski definition) is 2. The Bertz CT molecular complexity index is 873. The van der Waals surface area contributed by atoms with E-state index >= 15 is 0 Å². The third-order valence-corrected chi connectivity index (χ3v) is 3.03. The Morgan fingerprint density at radius 3 is 2.96 bits per heavy atom. The van der Waals surface area contributed by atoms with Crippen molar-refractivity contribution < 1.29 is 13.6 Å². The minimum atomic E-state index is -0.387. The van der Waals surface area contributed by atoms with Gasteiger partial charge in [-0.2, -0.15) is 5.10 Å². The van der Waals surface area contributed by atoms with Crippen molar-refractivity contribution in [3.8, 4) is 23.3 Å². The van der Waals surface area contributed by atoms with Crippen molar-refractivity contribution in [3.05, 3.63) is 65.8 Å². The van der Waals surface area contributed by atoms with Gasteiger partial charge in [-0.15, -0.1) is 0 Å². The molecule has 0 atom stereocenters. The van der Waals surface area contributed by atoms with E-state index in [1.54, 1.807) is 36.4 Å². The molecule has 1 aromatic carbocycles. The zero-order valence-electron chi connectivity index (χ0n) is 12.0. The first-order valence-electron chi connectivity index (χ1n) is 6.85. The molecule has 0 radical (unpaired) electrons. The van der Waals surface area contributed by atoms with Crippen molar-refractivity contribution in [2.45, 2.75) is 0 Å². The van der Waals surface area contributed by atoms with Crippen molar-refractivity contribution in [2.24, 2.45) is 0 Å². The van der Waals surface area contributed by atoms with Gasteiger partial charge in [0, 0.05) is 6.07 Å². The molecule has 0 bridgehead atoms. The van der Waals surface area contributed by atoms with Gasteiger partial charge in [0.25, 0.3) is 5.91 Å². The van der Waals surface area contributed by atoms with Crippen LogP contribution in [0.1, 0.15) is 16.1 Å². The maximum absolute atomic E-state index is 13.4. The van der Waals surface area contributed by atoms with Gasteiger partial charge in [0.1, 0.15) is 11.5 Å². The van der Waals surface area contributed by atoms with E-state index in [4.69, 9.17) is 4.42 Å². The molecule has 3 aromatic rings. The van der Waals surface area contributed by atoms with Crippen LogP contribution in [0.25, 0.3) is 11.5 Å². The smallest absolute Gasteiger partial charge is 0.272 e. The highest BCUT2D eigenvalue weighted by molar-refractivity contribution is 5.93. The number of aromatic nitrogens is 2. The average molecular weight is 309 g/mol. The fraction of sp³-hybridized carbons (Fsp3) is 0.0588. The minimum Gasteiger partial charge on any atom is -0.463 e. The minimum absolute atomic E-state index is 0.0934. The molecule has 5 nitrogen and oxygen atoms in total. The molecule has 0 saturated heterocycles. The second-order valence-corrected chi connectivity index (χ2v) is 4.61. The number of carbonyl (C=O) groups is 1. The lowest BCUT2D eigenvalue weighted by atomic mass is 10.2. The summed E-state index contributed by atoms with van der Waals surface area (Å²) >= 11 is 0. The molecule has 3 rings (SSSR count). The van der Waals surface area contributed by atoms with Gasteiger partial charge in [-0.05, 0) is 24.3 Å². The van der Waals surface area contributed by atoms with Gasteiger partial charge in [-0.1, -0.05) is 24.0 Å². The molecule has 1 amide bonds. The average Bonchev–Trinajstić information content (AvgIpc) is 3.23. The number of aromatic amines is 1. The molecular formula is C17H12FN3O2. The molecule has 2 heterocycles. The molecule has 114 valence electrons. The molecular weight excluding hydrogens is 297 g/mol. The van der Waals surface area contributed by atoms with Crippen LogP contribution in [0, 0.1) is 17.7 Å². The van der Waals surface area contributed by atoms with E-state index in [1.807, 2.05) is 0 Å². The summed E-state index contributed by atoms with van der Waals surface area (Å²) in [5.74, 6) is 5.20. The van der Waals surface area contributed by atoms with E-state index in [2.05, 4.69) is 27.4 Å². The number of nitrogens with one attached hydrogen (secondary N) is 2. The van der Waals surface area contributed by atoms with Crippen LogP contribution in [0.15, 0.2) is 53.1 Å². The molecule has 2 N–H and O–H groups in total. The van der Waals surface area contributed by atoms with Gasteiger partial charge < -0.3 is 9.73 Å². The number of H-pyrrole nitrogens is 1. The van der Waals surface area contributed by atoms with E-state index in [-0.39, 0.29) is 24.0 Å². The Labute approximate surface area is 131 Å². The van der Waals surface area contributed by atoms with E-state index in [0.29, 0.717) is 17.0 Å². The largest absolute Gasteiger partial charge is 0.463 e. The SMILES string of the molecule is O=C(NCC#Cc1ccccc1F)c1cc(-c2ccco2)[nH]n1. The Morgan fingerprint density at radius 2 is 2.17 bits per heavy atom. The highest BCUT2D eigenvalue weighted by atomic mass is 19.1. The monoisotopic (exact) mass is 309 g/mol. The fourth-order valence-corrected chi connectivity index (χ4v) is 1.91.